The molecule has 4 rings (SSSR count). The lowest BCUT2D eigenvalue weighted by Gasteiger charge is -2.22. The molecule has 3 aromatic carbocycles. The molecule has 1 aliphatic heterocycles. The lowest BCUT2D eigenvalue weighted by molar-refractivity contribution is -0.146. The highest BCUT2D eigenvalue weighted by Gasteiger charge is 2.36. The minimum absolute atomic E-state index is 0.0000756. The normalized spacial score (nSPS) is 14.7. The summed E-state index contributed by atoms with van der Waals surface area (Å²) in [6.45, 7) is -0.138. The van der Waals surface area contributed by atoms with E-state index < -0.39 is 35.6 Å². The summed E-state index contributed by atoms with van der Waals surface area (Å²) in [4.78, 5) is 37.9. The summed E-state index contributed by atoms with van der Waals surface area (Å²) < 4.78 is 14.4. The van der Waals surface area contributed by atoms with Gasteiger partial charge < -0.3 is 10.2 Å². The second-order valence-corrected chi connectivity index (χ2v) is 8.90. The topological polar surface area (TPSA) is 94.9 Å². The number of fused-ring (bicyclic) bond motifs is 1. The molecule has 0 aromatic heterocycles. The summed E-state index contributed by atoms with van der Waals surface area (Å²) in [5.41, 5.74) is 2.52. The monoisotopic (exact) mass is 495 g/mol. The van der Waals surface area contributed by atoms with Crippen molar-refractivity contribution in [2.24, 2.45) is 5.92 Å². The summed E-state index contributed by atoms with van der Waals surface area (Å²) in [5.74, 6) is -3.88. The van der Waals surface area contributed by atoms with Crippen molar-refractivity contribution in [3.8, 4) is 11.1 Å². The number of amides is 2. The van der Waals surface area contributed by atoms with E-state index in [1.807, 2.05) is 12.1 Å². The van der Waals surface area contributed by atoms with Crippen LogP contribution in [0.25, 0.3) is 11.1 Å². The van der Waals surface area contributed by atoms with E-state index in [2.05, 4.69) is 0 Å². The molecule has 0 aliphatic carbocycles. The lowest BCUT2D eigenvalue weighted by Crippen LogP contribution is -2.36. The van der Waals surface area contributed by atoms with Gasteiger partial charge in [-0.15, -0.1) is 0 Å². The number of carbonyl (C=O) groups is 3. The van der Waals surface area contributed by atoms with Crippen LogP contribution in [0.1, 0.15) is 39.1 Å². The molecule has 0 spiro atoms. The third-order valence-corrected chi connectivity index (χ3v) is 6.51. The number of aliphatic hydroxyl groups is 1. The molecule has 0 unspecified atom stereocenters. The van der Waals surface area contributed by atoms with Gasteiger partial charge in [0, 0.05) is 11.6 Å². The van der Waals surface area contributed by atoms with Gasteiger partial charge in [-0.1, -0.05) is 41.9 Å². The zero-order valence-electron chi connectivity index (χ0n) is 18.7. The maximum absolute atomic E-state index is 14.4. The summed E-state index contributed by atoms with van der Waals surface area (Å²) in [7, 11) is 0. The Bertz CT molecular complexity index is 1240. The molecule has 6 nitrogen and oxygen atoms in total. The molecule has 1 aliphatic rings. The van der Waals surface area contributed by atoms with Crippen molar-refractivity contribution in [3.63, 3.8) is 0 Å². The van der Waals surface area contributed by atoms with Crippen LogP contribution >= 0.6 is 11.6 Å². The number of benzene rings is 3. The largest absolute Gasteiger partial charge is 0.481 e. The number of hydrogen-bond donors (Lipinski definition) is 2. The molecule has 3 aromatic rings. The van der Waals surface area contributed by atoms with Crippen molar-refractivity contribution in [3.05, 3.63) is 94.3 Å². The average Bonchev–Trinajstić information content (AvgIpc) is 3.09. The number of carboxylic acids is 1. The maximum atomic E-state index is 14.4. The third-order valence-electron chi connectivity index (χ3n) is 6.26. The van der Waals surface area contributed by atoms with Crippen LogP contribution in [0.3, 0.4) is 0 Å². The molecule has 2 atom stereocenters. The second kappa shape index (κ2) is 10.4. The molecule has 2 amide bonds. The van der Waals surface area contributed by atoms with Crippen LogP contribution in [0.15, 0.2) is 66.7 Å². The van der Waals surface area contributed by atoms with Gasteiger partial charge in [-0.05, 0) is 72.4 Å². The summed E-state index contributed by atoms with van der Waals surface area (Å²) in [5, 5.41) is 20.9. The van der Waals surface area contributed by atoms with Gasteiger partial charge >= 0.3 is 5.97 Å². The van der Waals surface area contributed by atoms with Gasteiger partial charge in [0.05, 0.1) is 23.1 Å². The number of hydrogen-bond acceptors (Lipinski definition) is 4. The van der Waals surface area contributed by atoms with E-state index in [1.54, 1.807) is 48.5 Å². The van der Waals surface area contributed by atoms with E-state index in [4.69, 9.17) is 11.6 Å². The van der Waals surface area contributed by atoms with E-state index >= 15 is 0 Å². The van der Waals surface area contributed by atoms with Gasteiger partial charge in [0.25, 0.3) is 11.8 Å². The second-order valence-electron chi connectivity index (χ2n) is 8.46. The summed E-state index contributed by atoms with van der Waals surface area (Å²) in [6.07, 6.45) is -1.29. The van der Waals surface area contributed by atoms with Gasteiger partial charge in [-0.2, -0.15) is 0 Å². The van der Waals surface area contributed by atoms with Crippen LogP contribution in [-0.4, -0.2) is 45.5 Å². The zero-order valence-corrected chi connectivity index (χ0v) is 19.4. The van der Waals surface area contributed by atoms with Crippen LogP contribution in [0.2, 0.25) is 5.02 Å². The SMILES string of the molecule is O=C(O)[C@@H](CCN1C(=O)c2ccccc2C1=O)[C@H](O)CCc1cc(-c2ccc(Cl)cc2)ccc1F. The molecule has 0 radical (unpaired) electrons. The van der Waals surface area contributed by atoms with Gasteiger partial charge in [0.1, 0.15) is 5.82 Å². The van der Waals surface area contributed by atoms with Crippen LogP contribution in [0.4, 0.5) is 4.39 Å². The van der Waals surface area contributed by atoms with Crippen molar-refractivity contribution in [1.82, 2.24) is 4.90 Å². The number of carbonyl (C=O) groups excluding carboxylic acids is 2. The van der Waals surface area contributed by atoms with E-state index in [-0.39, 0.29) is 36.9 Å². The first-order chi connectivity index (χ1) is 16.8. The highest BCUT2D eigenvalue weighted by atomic mass is 35.5. The smallest absolute Gasteiger partial charge is 0.309 e. The number of aliphatic carboxylic acids is 1. The van der Waals surface area contributed by atoms with E-state index in [9.17, 15) is 29.0 Å². The Balaban J connectivity index is 1.41. The van der Waals surface area contributed by atoms with Crippen molar-refractivity contribution in [1.29, 1.82) is 0 Å². The minimum Gasteiger partial charge on any atom is -0.481 e. The third kappa shape index (κ3) is 5.26. The van der Waals surface area contributed by atoms with Crippen LogP contribution in [-0.2, 0) is 11.2 Å². The molecule has 1 heterocycles. The Morgan fingerprint density at radius 1 is 0.914 bits per heavy atom. The van der Waals surface area contributed by atoms with Crippen molar-refractivity contribution >= 4 is 29.4 Å². The molecule has 35 heavy (non-hydrogen) atoms. The molecule has 0 saturated carbocycles. The number of aliphatic hydroxyl groups excluding tert-OH is 1. The molecular weight excluding hydrogens is 473 g/mol. The highest BCUT2D eigenvalue weighted by molar-refractivity contribution is 6.30. The maximum Gasteiger partial charge on any atom is 0.309 e. The van der Waals surface area contributed by atoms with E-state index in [0.29, 0.717) is 10.6 Å². The first kappa shape index (κ1) is 24.6. The molecule has 0 fully saturated rings. The fourth-order valence-corrected chi connectivity index (χ4v) is 4.41. The average molecular weight is 496 g/mol. The summed E-state index contributed by atoms with van der Waals surface area (Å²) >= 11 is 5.93. The Labute approximate surface area is 206 Å². The Morgan fingerprint density at radius 2 is 1.51 bits per heavy atom. The predicted molar refractivity (Wildman–Crippen MR) is 129 cm³/mol. The van der Waals surface area contributed by atoms with Crippen LogP contribution in [0, 0.1) is 11.7 Å². The standard InChI is InChI=1S/C27H23ClFNO5/c28-19-9-5-16(6-10-19)17-7-11-23(29)18(15-17)8-12-24(31)22(27(34)35)13-14-30-25(32)20-3-1-2-4-21(20)26(30)33/h1-7,9-11,15,22,24,31H,8,12-14H2,(H,34,35)/t22-,24+/m0/s1. The number of halogens is 2. The molecule has 0 saturated heterocycles. The number of imide groups is 1. The van der Waals surface area contributed by atoms with E-state index in [1.165, 1.54) is 6.07 Å². The van der Waals surface area contributed by atoms with Gasteiger partial charge in [-0.3, -0.25) is 19.3 Å². The van der Waals surface area contributed by atoms with E-state index in [0.717, 1.165) is 16.0 Å². The fraction of sp³-hybridized carbons (Fsp3) is 0.222. The van der Waals surface area contributed by atoms with Gasteiger partial charge in [0.15, 0.2) is 0 Å². The molecule has 2 N–H and O–H groups in total. The predicted octanol–water partition coefficient (Wildman–Crippen LogP) is 4.83. The fourth-order valence-electron chi connectivity index (χ4n) is 4.28. The Morgan fingerprint density at radius 3 is 2.11 bits per heavy atom. The lowest BCUT2D eigenvalue weighted by atomic mass is 9.92. The number of aryl methyl sites for hydroxylation is 1. The Kier molecular flexibility index (Phi) is 7.28. The van der Waals surface area contributed by atoms with Crippen LogP contribution < -0.4 is 0 Å². The molecule has 0 bridgehead atoms. The number of rotatable bonds is 9. The van der Waals surface area contributed by atoms with Crippen molar-refractivity contribution in [2.75, 3.05) is 6.54 Å². The molecule has 180 valence electrons. The van der Waals surface area contributed by atoms with Gasteiger partial charge in [-0.25, -0.2) is 4.39 Å². The number of carboxylic acid groups (broad SMARTS) is 1. The minimum atomic E-state index is -1.29. The van der Waals surface area contributed by atoms with Crippen molar-refractivity contribution < 1.29 is 29.0 Å². The van der Waals surface area contributed by atoms with Crippen molar-refractivity contribution in [2.45, 2.75) is 25.4 Å². The molecular formula is C27H23ClFNO5. The quantitative estimate of drug-likeness (QED) is 0.415. The Hall–Kier alpha value is -3.55. The highest BCUT2D eigenvalue weighted by Crippen LogP contribution is 2.27. The molecule has 8 heteroatoms. The number of nitrogens with zero attached hydrogens (tertiary/aromatic N) is 1. The summed E-state index contributed by atoms with van der Waals surface area (Å²) in [6, 6.07) is 18.1. The zero-order chi connectivity index (χ0) is 25.1. The first-order valence-electron chi connectivity index (χ1n) is 11.2. The van der Waals surface area contributed by atoms with Gasteiger partial charge in [0.2, 0.25) is 0 Å². The van der Waals surface area contributed by atoms with Crippen LogP contribution in [0.5, 0.6) is 0 Å². The first-order valence-corrected chi connectivity index (χ1v) is 11.5.